The van der Waals surface area contributed by atoms with E-state index in [1.165, 1.54) is 9.71 Å². The number of carbonyl (C=O) groups excluding carboxylic acids is 1. The van der Waals surface area contributed by atoms with E-state index >= 15 is 0 Å². The van der Waals surface area contributed by atoms with E-state index in [1.807, 2.05) is 30.3 Å². The molecule has 3 rings (SSSR count). The molecule has 2 aromatic rings. The number of benzene rings is 2. The average molecular weight is 358 g/mol. The lowest BCUT2D eigenvalue weighted by Crippen LogP contribution is -2.35. The minimum Gasteiger partial charge on any atom is -0.288 e. The molecular weight excluding hydrogens is 340 g/mol. The molecule has 0 aliphatic carbocycles. The summed E-state index contributed by atoms with van der Waals surface area (Å²) in [5.74, 6) is -0.619. The van der Waals surface area contributed by atoms with Crippen molar-refractivity contribution in [3.63, 3.8) is 0 Å². The summed E-state index contributed by atoms with van der Waals surface area (Å²) in [6.07, 6.45) is 2.15. The predicted octanol–water partition coefficient (Wildman–Crippen LogP) is 2.16. The highest BCUT2D eigenvalue weighted by molar-refractivity contribution is 7.92. The molecule has 0 unspecified atom stereocenters. The summed E-state index contributed by atoms with van der Waals surface area (Å²) >= 11 is 0. The van der Waals surface area contributed by atoms with Crippen LogP contribution >= 0.6 is 0 Å². The molecule has 0 spiro atoms. The molecule has 0 aromatic heterocycles. The SMILES string of the molecule is O=C(NO)c1ccc2c(c1)CN(S(=O)(=O)C=Cc1ccccc1)CC2. The quantitative estimate of drug-likeness (QED) is 0.648. The van der Waals surface area contributed by atoms with Gasteiger partial charge in [0.2, 0.25) is 10.0 Å². The van der Waals surface area contributed by atoms with Crippen LogP contribution < -0.4 is 5.48 Å². The minimum absolute atomic E-state index is 0.198. The number of sulfonamides is 1. The Morgan fingerprint density at radius 1 is 1.12 bits per heavy atom. The first-order valence-electron chi connectivity index (χ1n) is 7.79. The smallest absolute Gasteiger partial charge is 0.274 e. The monoisotopic (exact) mass is 358 g/mol. The van der Waals surface area contributed by atoms with Gasteiger partial charge in [-0.3, -0.25) is 10.0 Å². The third-order valence-electron chi connectivity index (χ3n) is 4.14. The fourth-order valence-corrected chi connectivity index (χ4v) is 3.94. The largest absolute Gasteiger partial charge is 0.288 e. The Labute approximate surface area is 146 Å². The molecule has 0 radical (unpaired) electrons. The molecule has 1 heterocycles. The van der Waals surface area contributed by atoms with Crippen molar-refractivity contribution in [2.75, 3.05) is 6.54 Å². The van der Waals surface area contributed by atoms with E-state index in [4.69, 9.17) is 5.21 Å². The van der Waals surface area contributed by atoms with Crippen molar-refractivity contribution in [1.82, 2.24) is 9.79 Å². The number of fused-ring (bicyclic) bond motifs is 1. The van der Waals surface area contributed by atoms with E-state index in [0.29, 0.717) is 18.5 Å². The number of hydrogen-bond acceptors (Lipinski definition) is 4. The summed E-state index contributed by atoms with van der Waals surface area (Å²) in [6.45, 7) is 0.587. The zero-order chi connectivity index (χ0) is 17.9. The van der Waals surface area contributed by atoms with E-state index in [9.17, 15) is 13.2 Å². The van der Waals surface area contributed by atoms with Gasteiger partial charge < -0.3 is 0 Å². The second-order valence-corrected chi connectivity index (χ2v) is 7.58. The van der Waals surface area contributed by atoms with Crippen LogP contribution in [0, 0.1) is 0 Å². The number of nitrogens with one attached hydrogen (secondary N) is 1. The number of nitrogens with zero attached hydrogens (tertiary/aromatic N) is 1. The lowest BCUT2D eigenvalue weighted by atomic mass is 9.98. The van der Waals surface area contributed by atoms with Crippen LogP contribution in [-0.4, -0.2) is 30.4 Å². The van der Waals surface area contributed by atoms with Crippen LogP contribution in [0.4, 0.5) is 0 Å². The van der Waals surface area contributed by atoms with Gasteiger partial charge in [-0.05, 0) is 41.3 Å². The molecule has 2 aromatic carbocycles. The molecule has 2 N–H and O–H groups in total. The topological polar surface area (TPSA) is 86.7 Å². The molecule has 25 heavy (non-hydrogen) atoms. The Kier molecular flexibility index (Phi) is 4.98. The molecule has 1 aliphatic rings. The van der Waals surface area contributed by atoms with Gasteiger partial charge >= 0.3 is 0 Å². The zero-order valence-electron chi connectivity index (χ0n) is 13.4. The van der Waals surface area contributed by atoms with Crippen molar-refractivity contribution in [3.05, 3.63) is 76.2 Å². The van der Waals surface area contributed by atoms with Gasteiger partial charge in [0, 0.05) is 24.1 Å². The highest BCUT2D eigenvalue weighted by Crippen LogP contribution is 2.23. The average Bonchev–Trinajstić information content (AvgIpc) is 2.65. The third-order valence-corrected chi connectivity index (χ3v) is 5.65. The van der Waals surface area contributed by atoms with Gasteiger partial charge in [-0.1, -0.05) is 36.4 Å². The van der Waals surface area contributed by atoms with Gasteiger partial charge in [-0.2, -0.15) is 4.31 Å². The number of rotatable bonds is 4. The van der Waals surface area contributed by atoms with Crippen LogP contribution in [0.15, 0.2) is 53.9 Å². The highest BCUT2D eigenvalue weighted by atomic mass is 32.2. The molecule has 1 amide bonds. The normalized spacial score (nSPS) is 15.1. The molecule has 0 atom stereocenters. The summed E-state index contributed by atoms with van der Waals surface area (Å²) in [4.78, 5) is 11.5. The minimum atomic E-state index is -3.56. The Hall–Kier alpha value is -2.48. The first-order valence-corrected chi connectivity index (χ1v) is 9.29. The van der Waals surface area contributed by atoms with Gasteiger partial charge in [0.1, 0.15) is 0 Å². The van der Waals surface area contributed by atoms with Crippen molar-refractivity contribution in [1.29, 1.82) is 0 Å². The summed E-state index contributed by atoms with van der Waals surface area (Å²) in [5, 5.41) is 9.94. The second kappa shape index (κ2) is 7.18. The molecule has 1 aliphatic heterocycles. The molecule has 0 saturated heterocycles. The van der Waals surface area contributed by atoms with Crippen molar-refractivity contribution >= 4 is 22.0 Å². The Bertz CT molecular complexity index is 908. The fourth-order valence-electron chi connectivity index (χ4n) is 2.77. The Morgan fingerprint density at radius 2 is 1.88 bits per heavy atom. The van der Waals surface area contributed by atoms with Crippen LogP contribution in [-0.2, 0) is 23.0 Å². The van der Waals surface area contributed by atoms with Gasteiger partial charge in [-0.25, -0.2) is 13.9 Å². The van der Waals surface area contributed by atoms with E-state index in [2.05, 4.69) is 0 Å². The van der Waals surface area contributed by atoms with Crippen LogP contribution in [0.2, 0.25) is 0 Å². The predicted molar refractivity (Wildman–Crippen MR) is 94.2 cm³/mol. The number of carbonyl (C=O) groups is 1. The Balaban J connectivity index is 1.81. The standard InChI is InChI=1S/C18H18N2O4S/c21-18(19-22)16-7-6-15-8-10-20(13-17(15)12-16)25(23,24)11-9-14-4-2-1-3-5-14/h1-7,9,11-12,22H,8,10,13H2,(H,19,21). The molecule has 130 valence electrons. The lowest BCUT2D eigenvalue weighted by molar-refractivity contribution is 0.0706. The van der Waals surface area contributed by atoms with E-state index in [0.717, 1.165) is 16.7 Å². The molecule has 0 fully saturated rings. The first kappa shape index (κ1) is 17.3. The summed E-state index contributed by atoms with van der Waals surface area (Å²) in [5.41, 5.74) is 4.46. The van der Waals surface area contributed by atoms with E-state index in [-0.39, 0.29) is 6.54 Å². The number of amides is 1. The van der Waals surface area contributed by atoms with Crippen LogP contribution in [0.1, 0.15) is 27.0 Å². The molecule has 7 heteroatoms. The number of hydrogen-bond donors (Lipinski definition) is 2. The van der Waals surface area contributed by atoms with Gasteiger partial charge in [-0.15, -0.1) is 0 Å². The second-order valence-electron chi connectivity index (χ2n) is 5.77. The first-order chi connectivity index (χ1) is 12.0. The number of hydroxylamine groups is 1. The van der Waals surface area contributed by atoms with E-state index in [1.54, 1.807) is 29.8 Å². The van der Waals surface area contributed by atoms with Gasteiger partial charge in [0.05, 0.1) is 0 Å². The van der Waals surface area contributed by atoms with Gasteiger partial charge in [0.25, 0.3) is 5.91 Å². The van der Waals surface area contributed by atoms with Crippen LogP contribution in [0.3, 0.4) is 0 Å². The zero-order valence-corrected chi connectivity index (χ0v) is 14.2. The molecule has 0 bridgehead atoms. The van der Waals surface area contributed by atoms with E-state index < -0.39 is 15.9 Å². The van der Waals surface area contributed by atoms with Crippen LogP contribution in [0.5, 0.6) is 0 Å². The van der Waals surface area contributed by atoms with Gasteiger partial charge in [0.15, 0.2) is 0 Å². The lowest BCUT2D eigenvalue weighted by Gasteiger charge is -2.27. The van der Waals surface area contributed by atoms with Crippen molar-refractivity contribution < 1.29 is 18.4 Å². The maximum Gasteiger partial charge on any atom is 0.274 e. The maximum atomic E-state index is 12.6. The molecular formula is C18H18N2O4S. The highest BCUT2D eigenvalue weighted by Gasteiger charge is 2.25. The summed E-state index contributed by atoms with van der Waals surface area (Å²) in [6, 6.07) is 14.2. The summed E-state index contributed by atoms with van der Waals surface area (Å²) < 4.78 is 26.5. The van der Waals surface area contributed by atoms with Crippen molar-refractivity contribution in [3.8, 4) is 0 Å². The molecule has 0 saturated carbocycles. The Morgan fingerprint density at radius 3 is 2.60 bits per heavy atom. The van der Waals surface area contributed by atoms with Crippen molar-refractivity contribution in [2.24, 2.45) is 0 Å². The third kappa shape index (κ3) is 3.96. The molecule has 6 nitrogen and oxygen atoms in total. The van der Waals surface area contributed by atoms with Crippen LogP contribution in [0.25, 0.3) is 6.08 Å². The fraction of sp³-hybridized carbons (Fsp3) is 0.167. The maximum absolute atomic E-state index is 12.6. The summed E-state index contributed by atoms with van der Waals surface area (Å²) in [7, 11) is -3.56. The van der Waals surface area contributed by atoms with Crippen molar-refractivity contribution in [2.45, 2.75) is 13.0 Å².